The summed E-state index contributed by atoms with van der Waals surface area (Å²) in [5.41, 5.74) is 0.0378. The summed E-state index contributed by atoms with van der Waals surface area (Å²) in [4.78, 5) is 0. The van der Waals surface area contributed by atoms with Crippen molar-refractivity contribution >= 4 is 0 Å². The van der Waals surface area contributed by atoms with E-state index in [1.54, 1.807) is 0 Å². The van der Waals surface area contributed by atoms with Crippen LogP contribution in [0.3, 0.4) is 0 Å². The van der Waals surface area contributed by atoms with Crippen LogP contribution in [0, 0.1) is 46.3 Å². The molecule has 4 atom stereocenters. The van der Waals surface area contributed by atoms with E-state index in [-0.39, 0.29) is 5.41 Å². The van der Waals surface area contributed by atoms with Gasteiger partial charge < -0.3 is 0 Å². The summed E-state index contributed by atoms with van der Waals surface area (Å²) in [6.07, 6.45) is 29.4. The van der Waals surface area contributed by atoms with E-state index in [0.29, 0.717) is 0 Å². The molecule has 0 heterocycles. The Morgan fingerprint density at radius 2 is 1.29 bits per heavy atom. The van der Waals surface area contributed by atoms with E-state index in [0.717, 1.165) is 29.6 Å². The summed E-state index contributed by atoms with van der Waals surface area (Å²) < 4.78 is 0. The highest BCUT2D eigenvalue weighted by Crippen LogP contribution is 2.53. The second-order valence-electron chi connectivity index (χ2n) is 12.0. The number of unbranched alkanes of at least 4 members (excludes halogenated alkanes) is 7. The van der Waals surface area contributed by atoms with Gasteiger partial charge in [-0.15, -0.1) is 0 Å². The molecule has 3 saturated carbocycles. The minimum absolute atomic E-state index is 0.0378. The van der Waals surface area contributed by atoms with E-state index in [4.69, 9.17) is 0 Å². The molecule has 0 aliphatic heterocycles. The molecule has 0 aromatic heterocycles. The highest BCUT2D eigenvalue weighted by Gasteiger charge is 2.44. The van der Waals surface area contributed by atoms with Crippen LogP contribution in [0.5, 0.6) is 0 Å². The average Bonchev–Trinajstić information content (AvgIpc) is 2.82. The maximum Gasteiger partial charge on any atom is 0.0689 e. The molecule has 3 rings (SSSR count). The minimum Gasteiger partial charge on any atom is -0.198 e. The third-order valence-corrected chi connectivity index (χ3v) is 9.85. The van der Waals surface area contributed by atoms with Gasteiger partial charge in [-0.1, -0.05) is 90.9 Å². The Bertz CT molecular complexity index is 525. The van der Waals surface area contributed by atoms with Gasteiger partial charge >= 0.3 is 0 Å². The zero-order valence-corrected chi connectivity index (χ0v) is 21.2. The molecule has 31 heavy (non-hydrogen) atoms. The summed E-state index contributed by atoms with van der Waals surface area (Å²) in [6, 6.07) is 2.85. The Morgan fingerprint density at radius 1 is 0.677 bits per heavy atom. The molecule has 1 nitrogen and oxygen atoms in total. The molecular weight excluding hydrogens is 374 g/mol. The molecule has 1 heteroatoms. The lowest BCUT2D eigenvalue weighted by molar-refractivity contribution is 0.0377. The Labute approximate surface area is 195 Å². The van der Waals surface area contributed by atoms with Gasteiger partial charge in [0.05, 0.1) is 11.5 Å². The third-order valence-electron chi connectivity index (χ3n) is 9.85. The van der Waals surface area contributed by atoms with Crippen LogP contribution < -0.4 is 0 Å². The standard InChI is InChI=1S/C30H53N/c1-3-5-7-9-11-20-30(24-31)21-19-28-22-27(17-18-29(28)23-30)26-15-13-25(14-16-26)12-10-8-6-4-2/h25-29H,3-23H2,1-2H3/t25?,26?,27-,28+,29+,30-/m0/s1. The first-order valence-corrected chi connectivity index (χ1v) is 14.6. The van der Waals surface area contributed by atoms with Crippen LogP contribution in [-0.2, 0) is 0 Å². The molecule has 0 saturated heterocycles. The summed E-state index contributed by atoms with van der Waals surface area (Å²) in [5.74, 6) is 4.93. The predicted molar refractivity (Wildman–Crippen MR) is 134 cm³/mol. The molecule has 178 valence electrons. The molecule has 3 aliphatic rings. The maximum atomic E-state index is 10.1. The second-order valence-corrected chi connectivity index (χ2v) is 12.0. The molecule has 0 aromatic carbocycles. The van der Waals surface area contributed by atoms with Gasteiger partial charge in [-0.3, -0.25) is 0 Å². The summed E-state index contributed by atoms with van der Waals surface area (Å²) in [5, 5.41) is 10.1. The van der Waals surface area contributed by atoms with Crippen molar-refractivity contribution in [1.29, 1.82) is 5.26 Å². The van der Waals surface area contributed by atoms with Crippen LogP contribution in [0.25, 0.3) is 0 Å². The monoisotopic (exact) mass is 427 g/mol. The van der Waals surface area contributed by atoms with Crippen LogP contribution in [0.4, 0.5) is 0 Å². The van der Waals surface area contributed by atoms with Gasteiger partial charge in [0.15, 0.2) is 0 Å². The third kappa shape index (κ3) is 7.51. The van der Waals surface area contributed by atoms with E-state index < -0.39 is 0 Å². The van der Waals surface area contributed by atoms with Crippen molar-refractivity contribution in [3.8, 4) is 6.07 Å². The van der Waals surface area contributed by atoms with Crippen molar-refractivity contribution in [2.24, 2.45) is 35.0 Å². The molecule has 0 amide bonds. The molecule has 0 aromatic rings. The summed E-state index contributed by atoms with van der Waals surface area (Å²) >= 11 is 0. The van der Waals surface area contributed by atoms with Crippen molar-refractivity contribution in [1.82, 2.24) is 0 Å². The number of rotatable bonds is 12. The van der Waals surface area contributed by atoms with Crippen molar-refractivity contribution < 1.29 is 0 Å². The molecule has 0 bridgehead atoms. The molecule has 0 N–H and O–H groups in total. The normalized spacial score (nSPS) is 36.0. The van der Waals surface area contributed by atoms with Crippen molar-refractivity contribution in [3.05, 3.63) is 0 Å². The van der Waals surface area contributed by atoms with Gasteiger partial charge in [-0.2, -0.15) is 5.26 Å². The maximum absolute atomic E-state index is 10.1. The predicted octanol–water partition coefficient (Wildman–Crippen LogP) is 9.85. The zero-order valence-electron chi connectivity index (χ0n) is 21.2. The van der Waals surface area contributed by atoms with E-state index in [9.17, 15) is 5.26 Å². The Kier molecular flexibility index (Phi) is 10.7. The van der Waals surface area contributed by atoms with Crippen LogP contribution in [0.1, 0.15) is 149 Å². The molecule has 3 aliphatic carbocycles. The van der Waals surface area contributed by atoms with E-state index in [1.807, 2.05) is 0 Å². The quantitative estimate of drug-likeness (QED) is 0.284. The van der Waals surface area contributed by atoms with Gasteiger partial charge in [-0.05, 0) is 87.4 Å². The summed E-state index contributed by atoms with van der Waals surface area (Å²) in [7, 11) is 0. The fourth-order valence-electron chi connectivity index (χ4n) is 7.74. The van der Waals surface area contributed by atoms with Gasteiger partial charge in [0.25, 0.3) is 0 Å². The topological polar surface area (TPSA) is 23.8 Å². The van der Waals surface area contributed by atoms with E-state index in [2.05, 4.69) is 19.9 Å². The van der Waals surface area contributed by atoms with Gasteiger partial charge in [0.1, 0.15) is 0 Å². The molecular formula is C30H53N. The molecule has 3 fully saturated rings. The van der Waals surface area contributed by atoms with Crippen LogP contribution >= 0.6 is 0 Å². The molecule has 0 radical (unpaired) electrons. The smallest absolute Gasteiger partial charge is 0.0689 e. The van der Waals surface area contributed by atoms with Crippen molar-refractivity contribution in [2.45, 2.75) is 149 Å². The van der Waals surface area contributed by atoms with Gasteiger partial charge in [0.2, 0.25) is 0 Å². The number of nitrogens with zero attached hydrogens (tertiary/aromatic N) is 1. The largest absolute Gasteiger partial charge is 0.198 e. The van der Waals surface area contributed by atoms with Gasteiger partial charge in [-0.25, -0.2) is 0 Å². The highest BCUT2D eigenvalue weighted by atomic mass is 14.5. The van der Waals surface area contributed by atoms with Gasteiger partial charge in [0, 0.05) is 0 Å². The van der Waals surface area contributed by atoms with E-state index >= 15 is 0 Å². The first kappa shape index (κ1) is 25.1. The Hall–Kier alpha value is -0.510. The van der Waals surface area contributed by atoms with Crippen molar-refractivity contribution in [2.75, 3.05) is 0 Å². The van der Waals surface area contributed by atoms with Crippen molar-refractivity contribution in [3.63, 3.8) is 0 Å². The first-order chi connectivity index (χ1) is 15.2. The lowest BCUT2D eigenvalue weighted by atomic mass is 9.57. The fourth-order valence-corrected chi connectivity index (χ4v) is 7.74. The fraction of sp³-hybridized carbons (Fsp3) is 0.967. The lowest BCUT2D eigenvalue weighted by Crippen LogP contribution is -2.38. The zero-order chi connectivity index (χ0) is 21.9. The minimum atomic E-state index is 0.0378. The molecule has 0 unspecified atom stereocenters. The van der Waals surface area contributed by atoms with Crippen LogP contribution in [0.15, 0.2) is 0 Å². The number of hydrogen-bond acceptors (Lipinski definition) is 1. The SMILES string of the molecule is CCCCCCC[C@]1(C#N)CC[C@@H]2C[C@@H](C3CCC(CCCCCC)CC3)CC[C@@H]2C1. The summed E-state index contributed by atoms with van der Waals surface area (Å²) in [6.45, 7) is 4.61. The number of nitriles is 1. The molecule has 0 spiro atoms. The number of fused-ring (bicyclic) bond motifs is 1. The first-order valence-electron chi connectivity index (χ1n) is 14.6. The lowest BCUT2D eigenvalue weighted by Gasteiger charge is -2.47. The Balaban J connectivity index is 1.38. The van der Waals surface area contributed by atoms with Crippen LogP contribution in [-0.4, -0.2) is 0 Å². The highest BCUT2D eigenvalue weighted by molar-refractivity contribution is 5.05. The van der Waals surface area contributed by atoms with Crippen LogP contribution in [0.2, 0.25) is 0 Å². The van der Waals surface area contributed by atoms with E-state index in [1.165, 1.54) is 135 Å². The second kappa shape index (κ2) is 13.3. The average molecular weight is 428 g/mol. The number of hydrogen-bond donors (Lipinski definition) is 0. The Morgan fingerprint density at radius 3 is 2.00 bits per heavy atom.